The van der Waals surface area contributed by atoms with Gasteiger partial charge >= 0.3 is 0 Å². The first-order chi connectivity index (χ1) is 6.95. The Morgan fingerprint density at radius 1 is 1.47 bits per heavy atom. The van der Waals surface area contributed by atoms with Crippen molar-refractivity contribution in [2.75, 3.05) is 13.4 Å². The molecule has 0 saturated heterocycles. The van der Waals surface area contributed by atoms with E-state index in [-0.39, 0.29) is 10.6 Å². The standard InChI is InChI=1S/C9H13NO4S/c1-14-10-6-7-3-4-9(8(11)5-7)15(2,12)13/h3-5,10-11H,6H2,1-2H3. The molecule has 0 radical (unpaired) electrons. The van der Waals surface area contributed by atoms with Crippen molar-refractivity contribution in [2.45, 2.75) is 11.4 Å². The molecule has 0 amide bonds. The molecular formula is C9H13NO4S. The Hall–Kier alpha value is -1.11. The van der Waals surface area contributed by atoms with Crippen LogP contribution in [0, 0.1) is 0 Å². The molecule has 0 aromatic heterocycles. The highest BCUT2D eigenvalue weighted by atomic mass is 32.2. The van der Waals surface area contributed by atoms with Crippen LogP contribution in [-0.4, -0.2) is 26.9 Å². The number of rotatable bonds is 4. The topological polar surface area (TPSA) is 75.6 Å². The van der Waals surface area contributed by atoms with E-state index in [0.717, 1.165) is 11.8 Å². The van der Waals surface area contributed by atoms with Crippen LogP contribution < -0.4 is 5.48 Å². The van der Waals surface area contributed by atoms with Gasteiger partial charge < -0.3 is 9.94 Å². The van der Waals surface area contributed by atoms with Gasteiger partial charge in [0, 0.05) is 12.8 Å². The van der Waals surface area contributed by atoms with Gasteiger partial charge in [-0.25, -0.2) is 8.42 Å². The molecule has 1 rings (SSSR count). The zero-order valence-electron chi connectivity index (χ0n) is 8.52. The van der Waals surface area contributed by atoms with Crippen LogP contribution in [0.15, 0.2) is 23.1 Å². The van der Waals surface area contributed by atoms with Gasteiger partial charge in [-0.2, -0.15) is 5.48 Å². The lowest BCUT2D eigenvalue weighted by molar-refractivity contribution is 0.0866. The fourth-order valence-electron chi connectivity index (χ4n) is 1.14. The summed E-state index contributed by atoms with van der Waals surface area (Å²) in [6.07, 6.45) is 1.05. The van der Waals surface area contributed by atoms with E-state index in [1.807, 2.05) is 0 Å². The number of hydroxylamine groups is 1. The molecule has 5 nitrogen and oxygen atoms in total. The van der Waals surface area contributed by atoms with Gasteiger partial charge in [0.1, 0.15) is 10.6 Å². The summed E-state index contributed by atoms with van der Waals surface area (Å²) in [6.45, 7) is 0.397. The number of hydrogen-bond donors (Lipinski definition) is 2. The van der Waals surface area contributed by atoms with E-state index in [0.29, 0.717) is 6.54 Å². The Balaban J connectivity index is 2.99. The number of phenolic OH excluding ortho intramolecular Hbond substituents is 1. The van der Waals surface area contributed by atoms with Crippen molar-refractivity contribution < 1.29 is 18.4 Å². The molecule has 6 heteroatoms. The third kappa shape index (κ3) is 3.19. The summed E-state index contributed by atoms with van der Waals surface area (Å²) in [5.41, 5.74) is 3.33. The molecule has 1 aromatic rings. The number of hydrogen-bond acceptors (Lipinski definition) is 5. The van der Waals surface area contributed by atoms with Crippen molar-refractivity contribution >= 4 is 9.84 Å². The van der Waals surface area contributed by atoms with Gasteiger partial charge in [0.2, 0.25) is 0 Å². The lowest BCUT2D eigenvalue weighted by Crippen LogP contribution is -2.10. The predicted octanol–water partition coefficient (Wildman–Crippen LogP) is 0.447. The highest BCUT2D eigenvalue weighted by Crippen LogP contribution is 2.23. The molecule has 0 fully saturated rings. The Bertz CT molecular complexity index is 441. The van der Waals surface area contributed by atoms with Crippen molar-refractivity contribution in [2.24, 2.45) is 0 Å². The second kappa shape index (κ2) is 4.61. The average Bonchev–Trinajstić information content (AvgIpc) is 2.12. The summed E-state index contributed by atoms with van der Waals surface area (Å²) < 4.78 is 22.4. The van der Waals surface area contributed by atoms with E-state index in [1.165, 1.54) is 19.2 Å². The molecule has 2 N–H and O–H groups in total. The van der Waals surface area contributed by atoms with Crippen LogP contribution in [-0.2, 0) is 21.2 Å². The van der Waals surface area contributed by atoms with Gasteiger partial charge in [0.05, 0.1) is 7.11 Å². The lowest BCUT2D eigenvalue weighted by atomic mass is 10.2. The number of benzene rings is 1. The molecule has 0 unspecified atom stereocenters. The minimum atomic E-state index is -3.37. The fourth-order valence-corrected chi connectivity index (χ4v) is 1.90. The first kappa shape index (κ1) is 12.0. The molecule has 0 spiro atoms. The summed E-state index contributed by atoms with van der Waals surface area (Å²) in [4.78, 5) is 4.57. The highest BCUT2D eigenvalue weighted by Gasteiger charge is 2.12. The summed E-state index contributed by atoms with van der Waals surface area (Å²) in [6, 6.07) is 4.38. The number of sulfone groups is 1. The summed E-state index contributed by atoms with van der Waals surface area (Å²) in [7, 11) is -1.90. The van der Waals surface area contributed by atoms with E-state index < -0.39 is 9.84 Å². The third-order valence-electron chi connectivity index (χ3n) is 1.84. The summed E-state index contributed by atoms with van der Waals surface area (Å²) in [5, 5.41) is 9.48. The average molecular weight is 231 g/mol. The van der Waals surface area contributed by atoms with Crippen LogP contribution in [0.5, 0.6) is 5.75 Å². The molecule has 0 aliphatic rings. The van der Waals surface area contributed by atoms with E-state index in [4.69, 9.17) is 0 Å². The normalized spacial score (nSPS) is 11.6. The number of aromatic hydroxyl groups is 1. The maximum atomic E-state index is 11.2. The summed E-state index contributed by atoms with van der Waals surface area (Å²) >= 11 is 0. The van der Waals surface area contributed by atoms with Gasteiger partial charge in [-0.15, -0.1) is 0 Å². The Labute approximate surface area is 88.6 Å². The number of nitrogens with one attached hydrogen (secondary N) is 1. The van der Waals surface area contributed by atoms with Gasteiger partial charge in [0.25, 0.3) is 0 Å². The van der Waals surface area contributed by atoms with Crippen LogP contribution in [0.25, 0.3) is 0 Å². The molecule has 0 aliphatic heterocycles. The van der Waals surface area contributed by atoms with E-state index in [1.54, 1.807) is 6.07 Å². The van der Waals surface area contributed by atoms with Crippen LogP contribution in [0.3, 0.4) is 0 Å². The van der Waals surface area contributed by atoms with Crippen LogP contribution in [0.1, 0.15) is 5.56 Å². The first-order valence-corrected chi connectivity index (χ1v) is 6.12. The molecule has 0 aliphatic carbocycles. The van der Waals surface area contributed by atoms with Crippen LogP contribution in [0.2, 0.25) is 0 Å². The Morgan fingerprint density at radius 3 is 2.60 bits per heavy atom. The monoisotopic (exact) mass is 231 g/mol. The molecule has 15 heavy (non-hydrogen) atoms. The van der Waals surface area contributed by atoms with Crippen LogP contribution >= 0.6 is 0 Å². The van der Waals surface area contributed by atoms with Crippen LogP contribution in [0.4, 0.5) is 0 Å². The Morgan fingerprint density at radius 2 is 2.13 bits per heavy atom. The molecular weight excluding hydrogens is 218 g/mol. The maximum Gasteiger partial charge on any atom is 0.179 e. The smallest absolute Gasteiger partial charge is 0.179 e. The fraction of sp³-hybridized carbons (Fsp3) is 0.333. The zero-order valence-corrected chi connectivity index (χ0v) is 9.34. The molecule has 0 saturated carbocycles. The van der Waals surface area contributed by atoms with Gasteiger partial charge in [-0.1, -0.05) is 6.07 Å². The first-order valence-electron chi connectivity index (χ1n) is 4.23. The lowest BCUT2D eigenvalue weighted by Gasteiger charge is -2.06. The van der Waals surface area contributed by atoms with E-state index in [2.05, 4.69) is 10.3 Å². The molecule has 0 bridgehead atoms. The summed E-state index contributed by atoms with van der Waals surface area (Å²) in [5.74, 6) is -0.243. The second-order valence-electron chi connectivity index (χ2n) is 3.10. The van der Waals surface area contributed by atoms with Gasteiger partial charge in [-0.05, 0) is 17.7 Å². The third-order valence-corrected chi connectivity index (χ3v) is 2.99. The largest absolute Gasteiger partial charge is 0.507 e. The maximum absolute atomic E-state index is 11.2. The number of phenols is 1. The molecule has 0 atom stereocenters. The second-order valence-corrected chi connectivity index (χ2v) is 5.08. The zero-order chi connectivity index (χ0) is 11.5. The minimum absolute atomic E-state index is 0.0660. The van der Waals surface area contributed by atoms with E-state index in [9.17, 15) is 13.5 Å². The highest BCUT2D eigenvalue weighted by molar-refractivity contribution is 7.90. The van der Waals surface area contributed by atoms with Crippen molar-refractivity contribution in [1.29, 1.82) is 0 Å². The predicted molar refractivity (Wildman–Crippen MR) is 55.1 cm³/mol. The van der Waals surface area contributed by atoms with Crippen molar-refractivity contribution in [1.82, 2.24) is 5.48 Å². The van der Waals surface area contributed by atoms with Gasteiger partial charge in [0.15, 0.2) is 9.84 Å². The molecule has 84 valence electrons. The van der Waals surface area contributed by atoms with E-state index >= 15 is 0 Å². The van der Waals surface area contributed by atoms with Gasteiger partial charge in [-0.3, -0.25) is 0 Å². The molecule has 1 aromatic carbocycles. The van der Waals surface area contributed by atoms with Crippen molar-refractivity contribution in [3.8, 4) is 5.75 Å². The SMILES string of the molecule is CONCc1ccc(S(C)(=O)=O)c(O)c1. The Kier molecular flexibility index (Phi) is 3.67. The van der Waals surface area contributed by atoms with Crippen molar-refractivity contribution in [3.05, 3.63) is 23.8 Å². The van der Waals surface area contributed by atoms with Crippen molar-refractivity contribution in [3.63, 3.8) is 0 Å². The molecule has 0 heterocycles. The minimum Gasteiger partial charge on any atom is -0.507 e. The quantitative estimate of drug-likeness (QED) is 0.736.